The van der Waals surface area contributed by atoms with Gasteiger partial charge >= 0.3 is 12.4 Å². The molecule has 1 amide bonds. The summed E-state index contributed by atoms with van der Waals surface area (Å²) in [4.78, 5) is 21.0. The molecule has 174 valence electrons. The predicted molar refractivity (Wildman–Crippen MR) is 112 cm³/mol. The lowest BCUT2D eigenvalue weighted by molar-refractivity contribution is -0.139. The SMILES string of the molecule is O=C(NC(c1ccc(C(F)(F)F)cc1)c1ncccc1C(F)(F)F)c1ccc2cccnc2c1. The molecule has 0 saturated carbocycles. The second kappa shape index (κ2) is 8.77. The maximum absolute atomic E-state index is 13.7. The van der Waals surface area contributed by atoms with Gasteiger partial charge < -0.3 is 5.32 Å². The molecule has 0 spiro atoms. The van der Waals surface area contributed by atoms with E-state index in [0.29, 0.717) is 5.52 Å². The maximum atomic E-state index is 13.7. The van der Waals surface area contributed by atoms with Crippen LogP contribution in [0, 0.1) is 0 Å². The number of pyridine rings is 2. The number of alkyl halides is 6. The number of nitrogens with zero attached hydrogens (tertiary/aromatic N) is 2. The van der Waals surface area contributed by atoms with Gasteiger partial charge in [-0.05, 0) is 48.0 Å². The van der Waals surface area contributed by atoms with Crippen LogP contribution in [-0.4, -0.2) is 15.9 Å². The molecule has 0 aliphatic heterocycles. The molecule has 0 fully saturated rings. The van der Waals surface area contributed by atoms with Gasteiger partial charge in [-0.25, -0.2) is 0 Å². The molecule has 4 rings (SSSR count). The zero-order valence-corrected chi connectivity index (χ0v) is 17.2. The Morgan fingerprint density at radius 3 is 2.15 bits per heavy atom. The summed E-state index contributed by atoms with van der Waals surface area (Å²) in [6.45, 7) is 0. The third kappa shape index (κ3) is 4.85. The smallest absolute Gasteiger partial charge is 0.340 e. The summed E-state index contributed by atoms with van der Waals surface area (Å²) in [5.74, 6) is -0.740. The Kier molecular flexibility index (Phi) is 5.99. The fourth-order valence-electron chi connectivity index (χ4n) is 3.48. The molecular formula is C24H15F6N3O. The molecule has 34 heavy (non-hydrogen) atoms. The summed E-state index contributed by atoms with van der Waals surface area (Å²) < 4.78 is 80.0. The van der Waals surface area contributed by atoms with E-state index >= 15 is 0 Å². The molecule has 0 saturated heterocycles. The monoisotopic (exact) mass is 475 g/mol. The van der Waals surface area contributed by atoms with Crippen LogP contribution in [-0.2, 0) is 12.4 Å². The molecule has 0 aliphatic carbocycles. The van der Waals surface area contributed by atoms with Gasteiger partial charge in [-0.1, -0.05) is 24.3 Å². The van der Waals surface area contributed by atoms with Gasteiger partial charge in [0.05, 0.1) is 28.4 Å². The number of carbonyl (C=O) groups excluding carboxylic acids is 1. The molecule has 0 radical (unpaired) electrons. The van der Waals surface area contributed by atoms with Crippen LogP contribution < -0.4 is 5.32 Å². The molecule has 1 atom stereocenters. The van der Waals surface area contributed by atoms with Crippen LogP contribution in [0.4, 0.5) is 26.3 Å². The Bertz CT molecular complexity index is 1330. The van der Waals surface area contributed by atoms with Crippen LogP contribution in [0.1, 0.15) is 38.8 Å². The van der Waals surface area contributed by atoms with Crippen LogP contribution >= 0.6 is 0 Å². The highest BCUT2D eigenvalue weighted by molar-refractivity contribution is 5.98. The number of amides is 1. The average Bonchev–Trinajstić information content (AvgIpc) is 2.81. The molecule has 2 aromatic heterocycles. The molecule has 2 heterocycles. The van der Waals surface area contributed by atoms with Gasteiger partial charge in [-0.3, -0.25) is 14.8 Å². The van der Waals surface area contributed by atoms with Crippen molar-refractivity contribution in [3.05, 3.63) is 107 Å². The molecule has 1 unspecified atom stereocenters. The van der Waals surface area contributed by atoms with Crippen molar-refractivity contribution in [2.75, 3.05) is 0 Å². The first-order valence-electron chi connectivity index (χ1n) is 9.89. The highest BCUT2D eigenvalue weighted by Crippen LogP contribution is 2.36. The number of halogens is 6. The Hall–Kier alpha value is -3.95. The number of aromatic nitrogens is 2. The van der Waals surface area contributed by atoms with Gasteiger partial charge in [0.15, 0.2) is 0 Å². The van der Waals surface area contributed by atoms with Gasteiger partial charge in [-0.2, -0.15) is 26.3 Å². The standard InChI is InChI=1S/C24H15F6N3O/c25-23(26,27)17-9-7-15(8-10-17)20(21-18(24(28,29)30)4-2-12-32-21)33-22(34)16-6-5-14-3-1-11-31-19(14)13-16/h1-13,20H,(H,33,34). The number of nitrogens with one attached hydrogen (secondary N) is 1. The van der Waals surface area contributed by atoms with Crippen LogP contribution in [0.15, 0.2) is 79.1 Å². The second-order valence-corrected chi connectivity index (χ2v) is 7.37. The van der Waals surface area contributed by atoms with E-state index in [0.717, 1.165) is 48.0 Å². The zero-order chi connectivity index (χ0) is 24.5. The van der Waals surface area contributed by atoms with Crippen molar-refractivity contribution in [1.82, 2.24) is 15.3 Å². The van der Waals surface area contributed by atoms with Crippen molar-refractivity contribution in [2.24, 2.45) is 0 Å². The Morgan fingerprint density at radius 2 is 1.47 bits per heavy atom. The minimum Gasteiger partial charge on any atom is -0.340 e. The largest absolute Gasteiger partial charge is 0.418 e. The summed E-state index contributed by atoms with van der Waals surface area (Å²) in [6.07, 6.45) is -6.78. The maximum Gasteiger partial charge on any atom is 0.418 e. The fourth-order valence-corrected chi connectivity index (χ4v) is 3.48. The fraction of sp³-hybridized carbons (Fsp3) is 0.125. The number of hydrogen-bond donors (Lipinski definition) is 1. The summed E-state index contributed by atoms with van der Waals surface area (Å²) >= 11 is 0. The molecule has 10 heteroatoms. The lowest BCUT2D eigenvalue weighted by Crippen LogP contribution is -2.31. The third-order valence-electron chi connectivity index (χ3n) is 5.13. The minimum absolute atomic E-state index is 0.00413. The molecule has 4 aromatic rings. The first-order valence-corrected chi connectivity index (χ1v) is 9.89. The molecule has 0 aliphatic rings. The molecular weight excluding hydrogens is 460 g/mol. The quantitative estimate of drug-likeness (QED) is 0.359. The second-order valence-electron chi connectivity index (χ2n) is 7.37. The van der Waals surface area contributed by atoms with Gasteiger partial charge in [-0.15, -0.1) is 0 Å². The van der Waals surface area contributed by atoms with Gasteiger partial charge in [0.25, 0.3) is 5.91 Å². The molecule has 2 aromatic carbocycles. The van der Waals surface area contributed by atoms with E-state index in [1.807, 2.05) is 0 Å². The normalized spacial score (nSPS) is 13.0. The van der Waals surface area contributed by atoms with Crippen molar-refractivity contribution in [1.29, 1.82) is 0 Å². The van der Waals surface area contributed by atoms with Gasteiger partial charge in [0.1, 0.15) is 0 Å². The molecule has 1 N–H and O–H groups in total. The zero-order valence-electron chi connectivity index (χ0n) is 17.2. The molecule has 0 bridgehead atoms. The Morgan fingerprint density at radius 1 is 0.794 bits per heavy atom. The summed E-state index contributed by atoms with van der Waals surface area (Å²) in [5, 5.41) is 3.24. The number of hydrogen-bond acceptors (Lipinski definition) is 3. The first kappa shape index (κ1) is 23.2. The van der Waals surface area contributed by atoms with Gasteiger partial charge in [0.2, 0.25) is 0 Å². The average molecular weight is 475 g/mol. The van der Waals surface area contributed by atoms with Crippen LogP contribution in [0.5, 0.6) is 0 Å². The molecule has 4 nitrogen and oxygen atoms in total. The van der Waals surface area contributed by atoms with Crippen molar-refractivity contribution in [3.8, 4) is 0 Å². The predicted octanol–water partition coefficient (Wildman–Crippen LogP) is 6.19. The van der Waals surface area contributed by atoms with E-state index in [-0.39, 0.29) is 11.1 Å². The van der Waals surface area contributed by atoms with Crippen LogP contribution in [0.25, 0.3) is 10.9 Å². The highest BCUT2D eigenvalue weighted by atomic mass is 19.4. The Balaban J connectivity index is 1.77. The Labute approximate surface area is 189 Å². The van der Waals surface area contributed by atoms with E-state index in [1.165, 1.54) is 18.3 Å². The van der Waals surface area contributed by atoms with E-state index in [1.54, 1.807) is 18.2 Å². The number of fused-ring (bicyclic) bond motifs is 1. The van der Waals surface area contributed by atoms with Crippen molar-refractivity contribution in [3.63, 3.8) is 0 Å². The van der Waals surface area contributed by atoms with Crippen molar-refractivity contribution in [2.45, 2.75) is 18.4 Å². The number of benzene rings is 2. The van der Waals surface area contributed by atoms with Crippen LogP contribution in [0.2, 0.25) is 0 Å². The topological polar surface area (TPSA) is 54.9 Å². The summed E-state index contributed by atoms with van der Waals surface area (Å²) in [7, 11) is 0. The summed E-state index contributed by atoms with van der Waals surface area (Å²) in [5.41, 5.74) is -2.01. The number of carbonyl (C=O) groups is 1. The lowest BCUT2D eigenvalue weighted by Gasteiger charge is -2.23. The third-order valence-corrected chi connectivity index (χ3v) is 5.13. The summed E-state index contributed by atoms with van der Waals surface area (Å²) in [6, 6.07) is 12.0. The highest BCUT2D eigenvalue weighted by Gasteiger charge is 2.37. The van der Waals surface area contributed by atoms with E-state index < -0.39 is 41.1 Å². The van der Waals surface area contributed by atoms with Crippen LogP contribution in [0.3, 0.4) is 0 Å². The van der Waals surface area contributed by atoms with E-state index in [9.17, 15) is 31.1 Å². The van der Waals surface area contributed by atoms with E-state index in [2.05, 4.69) is 15.3 Å². The van der Waals surface area contributed by atoms with Crippen molar-refractivity contribution < 1.29 is 31.1 Å². The van der Waals surface area contributed by atoms with Crippen molar-refractivity contribution >= 4 is 16.8 Å². The first-order chi connectivity index (χ1) is 16.0. The minimum atomic E-state index is -4.80. The lowest BCUT2D eigenvalue weighted by atomic mass is 9.97. The number of rotatable bonds is 4. The van der Waals surface area contributed by atoms with E-state index in [4.69, 9.17) is 0 Å². The van der Waals surface area contributed by atoms with Gasteiger partial charge in [0, 0.05) is 23.3 Å².